The molecule has 1 N–H and O–H groups in total. The highest BCUT2D eigenvalue weighted by Gasteiger charge is 2.27. The second kappa shape index (κ2) is 11.7. The minimum absolute atomic E-state index is 0.0336. The molecule has 0 spiro atoms. The first-order valence-corrected chi connectivity index (χ1v) is 13.2. The minimum Gasteiger partial charge on any atom is -0.349 e. The van der Waals surface area contributed by atoms with Gasteiger partial charge >= 0.3 is 0 Å². The van der Waals surface area contributed by atoms with Crippen molar-refractivity contribution in [1.82, 2.24) is 10.2 Å². The fourth-order valence-corrected chi connectivity index (χ4v) is 5.76. The van der Waals surface area contributed by atoms with Gasteiger partial charge < -0.3 is 10.2 Å². The number of nitrogens with one attached hydrogen (secondary N) is 1. The highest BCUT2D eigenvalue weighted by Crippen LogP contribution is 2.30. The van der Waals surface area contributed by atoms with Gasteiger partial charge in [-0.3, -0.25) is 9.10 Å². The zero-order valence-electron chi connectivity index (χ0n) is 19.0. The molecule has 0 atom stereocenters. The number of likely N-dealkylation sites (tertiary alicyclic amines) is 1. The van der Waals surface area contributed by atoms with Gasteiger partial charge in [0.1, 0.15) is 0 Å². The Labute approximate surface area is 202 Å². The number of hydrogen-bond donors (Lipinski definition) is 1. The average molecular weight is 490 g/mol. The summed E-state index contributed by atoms with van der Waals surface area (Å²) < 4.78 is 28.1. The van der Waals surface area contributed by atoms with E-state index >= 15 is 0 Å². The number of benzene rings is 2. The lowest BCUT2D eigenvalue weighted by molar-refractivity contribution is 0.0910. The average Bonchev–Trinajstić information content (AvgIpc) is 2.82. The number of anilines is 1. The Balaban J connectivity index is 1.75. The molecule has 0 saturated carbocycles. The number of carbonyl (C=O) groups is 1. The first kappa shape index (κ1) is 25.3. The molecule has 6 nitrogen and oxygen atoms in total. The van der Waals surface area contributed by atoms with Gasteiger partial charge in [-0.05, 0) is 56.1 Å². The summed E-state index contributed by atoms with van der Waals surface area (Å²) in [6, 6.07) is 13.0. The van der Waals surface area contributed by atoms with Crippen LogP contribution in [0.2, 0.25) is 5.02 Å². The smallest absolute Gasteiger partial charge is 0.264 e. The van der Waals surface area contributed by atoms with Gasteiger partial charge in [-0.2, -0.15) is 0 Å². The summed E-state index contributed by atoms with van der Waals surface area (Å²) in [6.07, 6.45) is 5.66. The second-order valence-corrected chi connectivity index (χ2v) is 10.5. The molecule has 1 saturated heterocycles. The summed E-state index contributed by atoms with van der Waals surface area (Å²) >= 11 is 6.27. The molecule has 1 aliphatic rings. The fraction of sp³-hybridized carbons (Fsp3) is 0.400. The fourth-order valence-electron chi connectivity index (χ4n) is 3.97. The maximum Gasteiger partial charge on any atom is 0.264 e. The molecule has 0 aliphatic carbocycles. The van der Waals surface area contributed by atoms with E-state index in [-0.39, 0.29) is 23.4 Å². The zero-order valence-corrected chi connectivity index (χ0v) is 20.6. The summed E-state index contributed by atoms with van der Waals surface area (Å²) in [4.78, 5) is 15.4. The third-order valence-electron chi connectivity index (χ3n) is 5.85. The van der Waals surface area contributed by atoms with Gasteiger partial charge in [0.05, 0.1) is 22.2 Å². The van der Waals surface area contributed by atoms with Crippen molar-refractivity contribution in [3.63, 3.8) is 0 Å². The molecule has 1 aliphatic heterocycles. The lowest BCUT2D eigenvalue weighted by Gasteiger charge is -2.32. The Hall–Kier alpha value is -2.35. The Morgan fingerprint density at radius 2 is 1.94 bits per heavy atom. The van der Waals surface area contributed by atoms with Crippen molar-refractivity contribution in [3.8, 4) is 0 Å². The van der Waals surface area contributed by atoms with Crippen molar-refractivity contribution in [2.24, 2.45) is 0 Å². The molecule has 0 unspecified atom stereocenters. The number of sulfonamides is 1. The molecule has 0 aromatic heterocycles. The van der Waals surface area contributed by atoms with Crippen molar-refractivity contribution in [1.29, 1.82) is 0 Å². The maximum absolute atomic E-state index is 13.4. The minimum atomic E-state index is -3.95. The molecule has 8 heteroatoms. The summed E-state index contributed by atoms with van der Waals surface area (Å²) in [5.74, 6) is -0.257. The van der Waals surface area contributed by atoms with Gasteiger partial charge in [-0.15, -0.1) is 6.58 Å². The van der Waals surface area contributed by atoms with Crippen molar-refractivity contribution >= 4 is 33.2 Å². The second-order valence-electron chi connectivity index (χ2n) is 8.25. The first-order valence-electron chi connectivity index (χ1n) is 11.4. The van der Waals surface area contributed by atoms with E-state index in [4.69, 9.17) is 11.6 Å². The van der Waals surface area contributed by atoms with E-state index < -0.39 is 10.0 Å². The van der Waals surface area contributed by atoms with Crippen LogP contribution >= 0.6 is 11.6 Å². The van der Waals surface area contributed by atoms with E-state index in [0.717, 1.165) is 32.5 Å². The Morgan fingerprint density at radius 1 is 1.21 bits per heavy atom. The molecule has 3 rings (SSSR count). The van der Waals surface area contributed by atoms with E-state index in [1.54, 1.807) is 36.4 Å². The third-order valence-corrected chi connectivity index (χ3v) is 7.95. The molecule has 178 valence electrons. The molecule has 2 aromatic rings. The van der Waals surface area contributed by atoms with Crippen LogP contribution in [0.25, 0.3) is 0 Å². The first-order chi connectivity index (χ1) is 15.9. The monoisotopic (exact) mass is 489 g/mol. The van der Waals surface area contributed by atoms with Gasteiger partial charge in [-0.25, -0.2) is 8.42 Å². The van der Waals surface area contributed by atoms with Crippen molar-refractivity contribution < 1.29 is 13.2 Å². The number of hydrogen-bond acceptors (Lipinski definition) is 4. The molecule has 33 heavy (non-hydrogen) atoms. The normalized spacial score (nSPS) is 15.2. The van der Waals surface area contributed by atoms with Crippen LogP contribution < -0.4 is 9.62 Å². The standard InChI is InChI=1S/C25H32ClN3O3S/c1-3-5-16-28-17-13-21(14-18-28)27-25(30)20-9-8-10-22(19-20)33(31,32)29(15-4-2)24-12-7-6-11-23(24)26/h4,6-12,19,21H,2-3,5,13-18H2,1H3,(H,27,30). The van der Waals surface area contributed by atoms with Crippen LogP contribution in [-0.4, -0.2) is 51.4 Å². The molecule has 2 aromatic carbocycles. The van der Waals surface area contributed by atoms with Crippen molar-refractivity contribution in [3.05, 3.63) is 71.8 Å². The van der Waals surface area contributed by atoms with Crippen LogP contribution in [0.4, 0.5) is 5.69 Å². The van der Waals surface area contributed by atoms with Gasteiger partial charge in [0.25, 0.3) is 15.9 Å². The third kappa shape index (κ3) is 6.37. The van der Waals surface area contributed by atoms with E-state index in [0.29, 0.717) is 16.3 Å². The molecular formula is C25H32ClN3O3S. The number of nitrogens with zero attached hydrogens (tertiary/aromatic N) is 2. The molecule has 1 amide bonds. The summed E-state index contributed by atoms with van der Waals surface area (Å²) in [5.41, 5.74) is 0.686. The van der Waals surface area contributed by atoms with Crippen LogP contribution in [0.1, 0.15) is 43.0 Å². The van der Waals surface area contributed by atoms with Gasteiger partial charge in [0, 0.05) is 24.7 Å². The predicted molar refractivity (Wildman–Crippen MR) is 134 cm³/mol. The Morgan fingerprint density at radius 3 is 2.61 bits per heavy atom. The molecular weight excluding hydrogens is 458 g/mol. The summed E-state index contributed by atoms with van der Waals surface area (Å²) in [6.45, 7) is 8.95. The van der Waals surface area contributed by atoms with Gasteiger partial charge in [-0.1, -0.05) is 49.2 Å². The number of halogens is 1. The maximum atomic E-state index is 13.4. The topological polar surface area (TPSA) is 69.7 Å². The lowest BCUT2D eigenvalue weighted by atomic mass is 10.0. The number of piperidine rings is 1. The Bertz CT molecular complexity index is 1070. The molecule has 0 bridgehead atoms. The van der Waals surface area contributed by atoms with E-state index in [2.05, 4.69) is 23.7 Å². The van der Waals surface area contributed by atoms with Crippen molar-refractivity contribution in [2.75, 3.05) is 30.5 Å². The zero-order chi connectivity index (χ0) is 23.8. The van der Waals surface area contributed by atoms with E-state index in [1.165, 1.54) is 35.4 Å². The number of rotatable bonds is 10. The number of carbonyl (C=O) groups excluding carboxylic acids is 1. The van der Waals surface area contributed by atoms with E-state index in [9.17, 15) is 13.2 Å². The number of unbranched alkanes of at least 4 members (excludes halogenated alkanes) is 1. The SMILES string of the molecule is C=CCN(c1ccccc1Cl)S(=O)(=O)c1cccc(C(=O)NC2CCN(CCCC)CC2)c1. The van der Waals surface area contributed by atoms with Crippen LogP contribution in [0.15, 0.2) is 66.1 Å². The van der Waals surface area contributed by atoms with E-state index in [1.807, 2.05) is 0 Å². The highest BCUT2D eigenvalue weighted by molar-refractivity contribution is 7.92. The molecule has 0 radical (unpaired) electrons. The number of amides is 1. The molecule has 1 heterocycles. The lowest BCUT2D eigenvalue weighted by Crippen LogP contribution is -2.44. The summed E-state index contributed by atoms with van der Waals surface area (Å²) in [5, 5.41) is 3.40. The van der Waals surface area contributed by atoms with Crippen LogP contribution in [0.5, 0.6) is 0 Å². The van der Waals surface area contributed by atoms with Crippen LogP contribution in [0, 0.1) is 0 Å². The van der Waals surface area contributed by atoms with Gasteiger partial charge in [0.15, 0.2) is 0 Å². The highest BCUT2D eigenvalue weighted by atomic mass is 35.5. The predicted octanol–water partition coefficient (Wildman–Crippen LogP) is 4.72. The van der Waals surface area contributed by atoms with Crippen LogP contribution in [-0.2, 0) is 10.0 Å². The largest absolute Gasteiger partial charge is 0.349 e. The van der Waals surface area contributed by atoms with Gasteiger partial charge in [0.2, 0.25) is 0 Å². The van der Waals surface area contributed by atoms with Crippen molar-refractivity contribution in [2.45, 2.75) is 43.5 Å². The quantitative estimate of drug-likeness (QED) is 0.490. The summed E-state index contributed by atoms with van der Waals surface area (Å²) in [7, 11) is -3.95. The number of para-hydroxylation sites is 1. The molecule has 1 fully saturated rings. The Kier molecular flexibility index (Phi) is 8.95. The van der Waals surface area contributed by atoms with Crippen LogP contribution in [0.3, 0.4) is 0 Å².